The Bertz CT molecular complexity index is 545. The first-order valence-electron chi connectivity index (χ1n) is 10.5. The summed E-state index contributed by atoms with van der Waals surface area (Å²) in [6, 6.07) is 4.41. The van der Waals surface area contributed by atoms with Crippen LogP contribution in [0.5, 0.6) is 0 Å². The van der Waals surface area contributed by atoms with Crippen molar-refractivity contribution in [3.05, 3.63) is 24.2 Å². The van der Waals surface area contributed by atoms with Gasteiger partial charge in [-0.15, -0.1) is 0 Å². The molecule has 27 heavy (non-hydrogen) atoms. The molecule has 2 N–H and O–H groups in total. The Morgan fingerprint density at radius 3 is 2.78 bits per heavy atom. The van der Waals surface area contributed by atoms with Crippen LogP contribution in [0.3, 0.4) is 0 Å². The maximum absolute atomic E-state index is 5.97. The highest BCUT2D eigenvalue weighted by Crippen LogP contribution is 2.22. The molecule has 2 aliphatic rings. The maximum atomic E-state index is 5.97. The van der Waals surface area contributed by atoms with Crippen molar-refractivity contribution in [2.45, 2.75) is 70.6 Å². The van der Waals surface area contributed by atoms with Crippen LogP contribution in [0.25, 0.3) is 0 Å². The van der Waals surface area contributed by atoms with E-state index in [4.69, 9.17) is 18.9 Å². The minimum atomic E-state index is 0.313. The largest absolute Gasteiger partial charge is 0.469 e. The standard InChI is InChI=1S/C21H35N3O3/c1-16(2)27-20-7-5-18(6-8-20)24-21(23-14-17-10-13-25-15-17)22-11-9-19-4-3-12-26-19/h3-4,12,16-18,20H,5-11,13-15H2,1-2H3,(H2,22,23,24). The molecule has 6 heteroatoms. The van der Waals surface area contributed by atoms with Gasteiger partial charge in [0.2, 0.25) is 0 Å². The van der Waals surface area contributed by atoms with Crippen LogP contribution in [-0.4, -0.2) is 50.5 Å². The van der Waals surface area contributed by atoms with E-state index in [0.717, 1.165) is 76.5 Å². The molecule has 1 unspecified atom stereocenters. The van der Waals surface area contributed by atoms with Crippen LogP contribution in [0.2, 0.25) is 0 Å². The van der Waals surface area contributed by atoms with Gasteiger partial charge in [0.05, 0.1) is 25.1 Å². The van der Waals surface area contributed by atoms with E-state index in [9.17, 15) is 0 Å². The Morgan fingerprint density at radius 2 is 2.11 bits per heavy atom. The Labute approximate surface area is 163 Å². The fourth-order valence-corrected chi connectivity index (χ4v) is 3.78. The van der Waals surface area contributed by atoms with Gasteiger partial charge in [-0.2, -0.15) is 0 Å². The Morgan fingerprint density at radius 1 is 1.26 bits per heavy atom. The predicted octanol–water partition coefficient (Wildman–Crippen LogP) is 3.13. The molecule has 6 nitrogen and oxygen atoms in total. The van der Waals surface area contributed by atoms with Gasteiger partial charge in [-0.05, 0) is 58.1 Å². The fraction of sp³-hybridized carbons (Fsp3) is 0.762. The zero-order chi connectivity index (χ0) is 18.9. The summed E-state index contributed by atoms with van der Waals surface area (Å²) in [5, 5.41) is 7.13. The Kier molecular flexibility index (Phi) is 8.02. The summed E-state index contributed by atoms with van der Waals surface area (Å²) in [5.41, 5.74) is 0. The van der Waals surface area contributed by atoms with Crippen molar-refractivity contribution in [1.82, 2.24) is 10.6 Å². The van der Waals surface area contributed by atoms with Crippen molar-refractivity contribution in [2.24, 2.45) is 10.9 Å². The van der Waals surface area contributed by atoms with Crippen molar-refractivity contribution in [1.29, 1.82) is 0 Å². The first-order chi connectivity index (χ1) is 13.2. The average Bonchev–Trinajstić information content (AvgIpc) is 3.34. The van der Waals surface area contributed by atoms with E-state index >= 15 is 0 Å². The van der Waals surface area contributed by atoms with Gasteiger partial charge in [0.15, 0.2) is 5.96 Å². The second-order valence-electron chi connectivity index (χ2n) is 7.98. The van der Waals surface area contributed by atoms with Crippen LogP contribution in [0, 0.1) is 5.92 Å². The van der Waals surface area contributed by atoms with E-state index < -0.39 is 0 Å². The number of hydrogen-bond acceptors (Lipinski definition) is 4. The van der Waals surface area contributed by atoms with Crippen LogP contribution < -0.4 is 10.6 Å². The number of nitrogens with zero attached hydrogens (tertiary/aromatic N) is 1. The molecule has 1 aliphatic carbocycles. The SMILES string of the molecule is CC(C)OC1CCC(NC(=NCC2CCOC2)NCCc2ccco2)CC1. The molecule has 1 aromatic heterocycles. The molecule has 2 heterocycles. The number of furan rings is 1. The van der Waals surface area contributed by atoms with Gasteiger partial charge >= 0.3 is 0 Å². The number of aliphatic imine (C=N–C) groups is 1. The van der Waals surface area contributed by atoms with Gasteiger partial charge in [0.25, 0.3) is 0 Å². The number of hydrogen-bond donors (Lipinski definition) is 2. The summed E-state index contributed by atoms with van der Waals surface area (Å²) < 4.78 is 16.9. The Hall–Kier alpha value is -1.53. The smallest absolute Gasteiger partial charge is 0.191 e. The predicted molar refractivity (Wildman–Crippen MR) is 107 cm³/mol. The summed E-state index contributed by atoms with van der Waals surface area (Å²) in [6.45, 7) is 7.57. The summed E-state index contributed by atoms with van der Waals surface area (Å²) >= 11 is 0. The van der Waals surface area contributed by atoms with Crippen molar-refractivity contribution >= 4 is 5.96 Å². The van der Waals surface area contributed by atoms with Crippen LogP contribution in [-0.2, 0) is 15.9 Å². The van der Waals surface area contributed by atoms with E-state index in [1.165, 1.54) is 0 Å². The quantitative estimate of drug-likeness (QED) is 0.538. The fourth-order valence-electron chi connectivity index (χ4n) is 3.78. The summed E-state index contributed by atoms with van der Waals surface area (Å²) in [4.78, 5) is 4.84. The maximum Gasteiger partial charge on any atom is 0.191 e. The summed E-state index contributed by atoms with van der Waals surface area (Å²) in [6.07, 6.45) is 8.90. The molecule has 2 fully saturated rings. The van der Waals surface area contributed by atoms with E-state index in [-0.39, 0.29) is 0 Å². The van der Waals surface area contributed by atoms with Gasteiger partial charge in [-0.3, -0.25) is 4.99 Å². The zero-order valence-electron chi connectivity index (χ0n) is 16.8. The second-order valence-corrected chi connectivity index (χ2v) is 7.98. The van der Waals surface area contributed by atoms with Crippen molar-refractivity contribution < 1.29 is 13.9 Å². The monoisotopic (exact) mass is 377 g/mol. The molecule has 0 radical (unpaired) electrons. The third kappa shape index (κ3) is 7.18. The lowest BCUT2D eigenvalue weighted by molar-refractivity contribution is -0.0152. The number of ether oxygens (including phenoxy) is 2. The molecule has 1 saturated heterocycles. The molecule has 0 aromatic carbocycles. The molecule has 1 atom stereocenters. The number of rotatable bonds is 8. The highest BCUT2D eigenvalue weighted by molar-refractivity contribution is 5.80. The molecule has 1 saturated carbocycles. The molecule has 1 aliphatic heterocycles. The highest BCUT2D eigenvalue weighted by Gasteiger charge is 2.23. The third-order valence-corrected chi connectivity index (χ3v) is 5.26. The molecule has 152 valence electrons. The average molecular weight is 378 g/mol. The first kappa shape index (κ1) is 20.2. The molecular weight excluding hydrogens is 342 g/mol. The summed E-state index contributed by atoms with van der Waals surface area (Å²) in [7, 11) is 0. The number of guanidine groups is 1. The highest BCUT2D eigenvalue weighted by atomic mass is 16.5. The Balaban J connectivity index is 1.47. The van der Waals surface area contributed by atoms with Gasteiger partial charge in [-0.1, -0.05) is 0 Å². The topological polar surface area (TPSA) is 68.0 Å². The van der Waals surface area contributed by atoms with E-state index in [2.05, 4.69) is 24.5 Å². The van der Waals surface area contributed by atoms with Crippen LogP contribution in [0.1, 0.15) is 51.7 Å². The lowest BCUT2D eigenvalue weighted by Crippen LogP contribution is -2.46. The van der Waals surface area contributed by atoms with Crippen molar-refractivity contribution in [2.75, 3.05) is 26.3 Å². The summed E-state index contributed by atoms with van der Waals surface area (Å²) in [5.74, 6) is 2.46. The van der Waals surface area contributed by atoms with E-state index in [0.29, 0.717) is 24.2 Å². The molecule has 0 spiro atoms. The van der Waals surface area contributed by atoms with Gasteiger partial charge < -0.3 is 24.5 Å². The third-order valence-electron chi connectivity index (χ3n) is 5.26. The van der Waals surface area contributed by atoms with Crippen LogP contribution in [0.4, 0.5) is 0 Å². The molecule has 3 rings (SSSR count). The van der Waals surface area contributed by atoms with E-state index in [1.807, 2.05) is 12.1 Å². The molecule has 0 bridgehead atoms. The van der Waals surface area contributed by atoms with Gasteiger partial charge in [0, 0.05) is 38.1 Å². The van der Waals surface area contributed by atoms with E-state index in [1.54, 1.807) is 6.26 Å². The lowest BCUT2D eigenvalue weighted by Gasteiger charge is -2.31. The van der Waals surface area contributed by atoms with Crippen LogP contribution in [0.15, 0.2) is 27.8 Å². The molecular formula is C21H35N3O3. The van der Waals surface area contributed by atoms with Gasteiger partial charge in [-0.25, -0.2) is 0 Å². The lowest BCUT2D eigenvalue weighted by atomic mass is 9.93. The minimum Gasteiger partial charge on any atom is -0.469 e. The van der Waals surface area contributed by atoms with Crippen molar-refractivity contribution in [3.8, 4) is 0 Å². The molecule has 0 amide bonds. The van der Waals surface area contributed by atoms with Crippen molar-refractivity contribution in [3.63, 3.8) is 0 Å². The normalized spacial score (nSPS) is 26.5. The second kappa shape index (κ2) is 10.7. The van der Waals surface area contributed by atoms with Gasteiger partial charge in [0.1, 0.15) is 5.76 Å². The van der Waals surface area contributed by atoms with Crippen LogP contribution >= 0.6 is 0 Å². The number of nitrogens with one attached hydrogen (secondary N) is 2. The molecule has 1 aromatic rings. The zero-order valence-corrected chi connectivity index (χ0v) is 16.8. The first-order valence-corrected chi connectivity index (χ1v) is 10.5. The minimum absolute atomic E-state index is 0.313.